The number of carbonyl (C=O) groups excluding carboxylic acids is 1. The average molecular weight is 284 g/mol. The third kappa shape index (κ3) is 2.84. The first-order valence-corrected chi connectivity index (χ1v) is 7.55. The zero-order valence-corrected chi connectivity index (χ0v) is 12.3. The second-order valence-electron chi connectivity index (χ2n) is 5.38. The third-order valence-corrected chi connectivity index (χ3v) is 4.01. The molecule has 0 N–H and O–H groups in total. The van der Waals surface area contributed by atoms with Crippen molar-refractivity contribution in [1.29, 1.82) is 0 Å². The van der Waals surface area contributed by atoms with Crippen molar-refractivity contribution >= 4 is 22.6 Å². The maximum absolute atomic E-state index is 12.0. The van der Waals surface area contributed by atoms with Gasteiger partial charge in [-0.3, -0.25) is 9.78 Å². The molecule has 3 rings (SSSR count). The van der Waals surface area contributed by atoms with Gasteiger partial charge in [-0.15, -0.1) is 0 Å². The Morgan fingerprint density at radius 1 is 1.38 bits per heavy atom. The van der Waals surface area contributed by atoms with Gasteiger partial charge in [0.25, 0.3) is 0 Å². The smallest absolute Gasteiger partial charge is 0.310 e. The summed E-state index contributed by atoms with van der Waals surface area (Å²) in [6.07, 6.45) is 3.77. The van der Waals surface area contributed by atoms with Crippen LogP contribution in [0.4, 0.5) is 5.69 Å². The van der Waals surface area contributed by atoms with E-state index in [1.165, 1.54) is 0 Å². The zero-order chi connectivity index (χ0) is 14.7. The van der Waals surface area contributed by atoms with E-state index in [0.29, 0.717) is 6.61 Å². The fraction of sp³-hybridized carbons (Fsp3) is 0.412. The van der Waals surface area contributed by atoms with Crippen molar-refractivity contribution in [2.45, 2.75) is 19.8 Å². The van der Waals surface area contributed by atoms with Crippen molar-refractivity contribution in [3.8, 4) is 0 Å². The number of hydrogen-bond acceptors (Lipinski definition) is 4. The Balaban J connectivity index is 1.87. The first-order valence-electron chi connectivity index (χ1n) is 7.55. The molecular weight excluding hydrogens is 264 g/mol. The molecule has 1 unspecified atom stereocenters. The number of carbonyl (C=O) groups is 1. The van der Waals surface area contributed by atoms with Gasteiger partial charge in [0.2, 0.25) is 0 Å². The molecule has 0 saturated carbocycles. The maximum atomic E-state index is 12.0. The van der Waals surface area contributed by atoms with Crippen molar-refractivity contribution in [2.24, 2.45) is 5.92 Å². The van der Waals surface area contributed by atoms with E-state index in [1.54, 1.807) is 0 Å². The van der Waals surface area contributed by atoms with Crippen LogP contribution in [0.25, 0.3) is 10.9 Å². The van der Waals surface area contributed by atoms with E-state index in [0.717, 1.165) is 42.5 Å². The van der Waals surface area contributed by atoms with Gasteiger partial charge in [0.05, 0.1) is 18.0 Å². The number of nitrogens with zero attached hydrogens (tertiary/aromatic N) is 2. The third-order valence-electron chi connectivity index (χ3n) is 4.01. The minimum atomic E-state index is -0.0689. The van der Waals surface area contributed by atoms with Crippen LogP contribution in [0.3, 0.4) is 0 Å². The number of pyridine rings is 1. The van der Waals surface area contributed by atoms with Crippen LogP contribution in [0.15, 0.2) is 36.5 Å². The molecule has 1 aromatic heterocycles. The summed E-state index contributed by atoms with van der Waals surface area (Å²) in [4.78, 5) is 18.7. The molecule has 4 nitrogen and oxygen atoms in total. The van der Waals surface area contributed by atoms with Gasteiger partial charge in [0.1, 0.15) is 0 Å². The zero-order valence-electron chi connectivity index (χ0n) is 12.3. The molecule has 2 aromatic rings. The van der Waals surface area contributed by atoms with Crippen LogP contribution in [0.2, 0.25) is 0 Å². The number of piperidine rings is 1. The quantitative estimate of drug-likeness (QED) is 0.813. The summed E-state index contributed by atoms with van der Waals surface area (Å²) in [5.74, 6) is -0.0915. The minimum Gasteiger partial charge on any atom is -0.466 e. The second kappa shape index (κ2) is 6.12. The van der Waals surface area contributed by atoms with Crippen LogP contribution in [0.5, 0.6) is 0 Å². The van der Waals surface area contributed by atoms with E-state index in [2.05, 4.69) is 16.0 Å². The molecule has 2 heterocycles. The van der Waals surface area contributed by atoms with E-state index in [9.17, 15) is 4.79 Å². The van der Waals surface area contributed by atoms with Crippen molar-refractivity contribution in [3.63, 3.8) is 0 Å². The monoisotopic (exact) mass is 284 g/mol. The predicted molar refractivity (Wildman–Crippen MR) is 83.3 cm³/mol. The van der Waals surface area contributed by atoms with Crippen LogP contribution >= 0.6 is 0 Å². The Bertz CT molecular complexity index is 636. The second-order valence-corrected chi connectivity index (χ2v) is 5.38. The summed E-state index contributed by atoms with van der Waals surface area (Å²) in [6, 6.07) is 10.2. The van der Waals surface area contributed by atoms with Crippen molar-refractivity contribution in [1.82, 2.24) is 4.98 Å². The van der Waals surface area contributed by atoms with Gasteiger partial charge < -0.3 is 9.64 Å². The molecular formula is C17H20N2O2. The van der Waals surface area contributed by atoms with Gasteiger partial charge in [-0.2, -0.15) is 0 Å². The number of anilines is 1. The number of ether oxygens (including phenoxy) is 1. The molecule has 110 valence electrons. The molecule has 0 spiro atoms. The Hall–Kier alpha value is -2.10. The molecule has 1 aromatic carbocycles. The lowest BCUT2D eigenvalue weighted by Crippen LogP contribution is -2.39. The highest BCUT2D eigenvalue weighted by atomic mass is 16.5. The summed E-state index contributed by atoms with van der Waals surface area (Å²) in [6.45, 7) is 4.01. The summed E-state index contributed by atoms with van der Waals surface area (Å²) in [5.41, 5.74) is 2.16. The molecule has 4 heteroatoms. The van der Waals surface area contributed by atoms with Crippen LogP contribution in [-0.2, 0) is 9.53 Å². The van der Waals surface area contributed by atoms with E-state index in [1.807, 2.05) is 37.4 Å². The Kier molecular flexibility index (Phi) is 4.04. The Labute approximate surface area is 124 Å². The average Bonchev–Trinajstić information content (AvgIpc) is 2.55. The number of rotatable bonds is 3. The first-order chi connectivity index (χ1) is 10.3. The lowest BCUT2D eigenvalue weighted by Gasteiger charge is -2.33. The van der Waals surface area contributed by atoms with Crippen LogP contribution in [0, 0.1) is 5.92 Å². The van der Waals surface area contributed by atoms with Crippen molar-refractivity contribution < 1.29 is 9.53 Å². The van der Waals surface area contributed by atoms with Crippen molar-refractivity contribution in [3.05, 3.63) is 36.5 Å². The SMILES string of the molecule is CCOC(=O)C1CCCN(c2ccnc3ccccc23)C1. The van der Waals surface area contributed by atoms with Crippen LogP contribution < -0.4 is 4.90 Å². The van der Waals surface area contributed by atoms with E-state index in [4.69, 9.17) is 4.74 Å². The van der Waals surface area contributed by atoms with Crippen molar-refractivity contribution in [2.75, 3.05) is 24.6 Å². The van der Waals surface area contributed by atoms with Gasteiger partial charge in [0.15, 0.2) is 0 Å². The molecule has 0 radical (unpaired) electrons. The summed E-state index contributed by atoms with van der Waals surface area (Å²) < 4.78 is 5.18. The van der Waals surface area contributed by atoms with Gasteiger partial charge in [-0.05, 0) is 31.9 Å². The number of esters is 1. The number of benzene rings is 1. The largest absolute Gasteiger partial charge is 0.466 e. The molecule has 1 aliphatic heterocycles. The molecule has 1 saturated heterocycles. The standard InChI is InChI=1S/C17H20N2O2/c1-2-21-17(20)13-6-5-11-19(12-13)16-9-10-18-15-8-4-3-7-14(15)16/h3-4,7-10,13H,2,5-6,11-12H2,1H3. The summed E-state index contributed by atoms with van der Waals surface area (Å²) in [7, 11) is 0. The predicted octanol–water partition coefficient (Wildman–Crippen LogP) is 3.01. The highest BCUT2D eigenvalue weighted by molar-refractivity contribution is 5.91. The van der Waals surface area contributed by atoms with E-state index < -0.39 is 0 Å². The molecule has 1 atom stereocenters. The Morgan fingerprint density at radius 3 is 3.10 bits per heavy atom. The lowest BCUT2D eigenvalue weighted by molar-refractivity contribution is -0.148. The molecule has 0 aliphatic carbocycles. The topological polar surface area (TPSA) is 42.4 Å². The molecule has 1 aliphatic rings. The number of hydrogen-bond donors (Lipinski definition) is 0. The van der Waals surface area contributed by atoms with E-state index in [-0.39, 0.29) is 11.9 Å². The summed E-state index contributed by atoms with van der Waals surface area (Å²) >= 11 is 0. The number of fused-ring (bicyclic) bond motifs is 1. The molecule has 0 amide bonds. The Morgan fingerprint density at radius 2 is 2.24 bits per heavy atom. The minimum absolute atomic E-state index is 0.0226. The maximum Gasteiger partial charge on any atom is 0.310 e. The van der Waals surface area contributed by atoms with Crippen LogP contribution in [-0.4, -0.2) is 30.6 Å². The fourth-order valence-electron chi connectivity index (χ4n) is 3.00. The van der Waals surface area contributed by atoms with Gasteiger partial charge in [-0.1, -0.05) is 18.2 Å². The highest BCUT2D eigenvalue weighted by Crippen LogP contribution is 2.29. The van der Waals surface area contributed by atoms with Gasteiger partial charge in [0, 0.05) is 30.4 Å². The molecule has 21 heavy (non-hydrogen) atoms. The fourth-order valence-corrected chi connectivity index (χ4v) is 3.00. The number of aromatic nitrogens is 1. The highest BCUT2D eigenvalue weighted by Gasteiger charge is 2.27. The molecule has 0 bridgehead atoms. The number of para-hydroxylation sites is 1. The molecule has 1 fully saturated rings. The normalized spacial score (nSPS) is 18.7. The van der Waals surface area contributed by atoms with Gasteiger partial charge >= 0.3 is 5.97 Å². The lowest BCUT2D eigenvalue weighted by atomic mass is 9.97. The summed E-state index contributed by atoms with van der Waals surface area (Å²) in [5, 5.41) is 1.14. The van der Waals surface area contributed by atoms with Crippen LogP contribution in [0.1, 0.15) is 19.8 Å². The van der Waals surface area contributed by atoms with E-state index >= 15 is 0 Å². The van der Waals surface area contributed by atoms with Gasteiger partial charge in [-0.25, -0.2) is 0 Å². The first kappa shape index (κ1) is 13.9.